The van der Waals surface area contributed by atoms with Crippen LogP contribution in [0.3, 0.4) is 0 Å². The van der Waals surface area contributed by atoms with Gasteiger partial charge in [-0.1, -0.05) is 25.4 Å². The first-order valence-electron chi connectivity index (χ1n) is 7.50. The summed E-state index contributed by atoms with van der Waals surface area (Å²) in [6.45, 7) is 2.72. The van der Waals surface area contributed by atoms with E-state index in [1.54, 1.807) is 0 Å². The summed E-state index contributed by atoms with van der Waals surface area (Å²) < 4.78 is 120. The molecule has 0 bridgehead atoms. The summed E-state index contributed by atoms with van der Waals surface area (Å²) in [6, 6.07) is 1.15. The predicted molar refractivity (Wildman–Crippen MR) is 82.5 cm³/mol. The third-order valence-electron chi connectivity index (χ3n) is 3.38. The van der Waals surface area contributed by atoms with Crippen LogP contribution in [0, 0.1) is 5.92 Å². The average Bonchev–Trinajstić information content (AvgIpc) is 2.43. The SMILES string of the molecule is CC(C)CC(=O)NC(Nc1ccc(Cl)cc1C(F)(F)F)(C(F)(F)F)C(F)(F)F. The van der Waals surface area contributed by atoms with Crippen LogP contribution in [0.25, 0.3) is 0 Å². The van der Waals surface area contributed by atoms with Crippen LogP contribution >= 0.6 is 11.6 Å². The molecule has 0 atom stereocenters. The molecule has 0 aliphatic heterocycles. The molecule has 1 aromatic rings. The topological polar surface area (TPSA) is 41.1 Å². The van der Waals surface area contributed by atoms with E-state index in [1.807, 2.05) is 0 Å². The Hall–Kier alpha value is -1.85. The van der Waals surface area contributed by atoms with Crippen molar-refractivity contribution in [1.82, 2.24) is 5.32 Å². The van der Waals surface area contributed by atoms with Gasteiger partial charge in [0.2, 0.25) is 5.91 Å². The second-order valence-corrected chi connectivity index (χ2v) is 6.64. The van der Waals surface area contributed by atoms with Crippen LogP contribution in [0.1, 0.15) is 25.8 Å². The monoisotopic (exact) mass is 444 g/mol. The van der Waals surface area contributed by atoms with Gasteiger partial charge in [0.1, 0.15) is 0 Å². The minimum Gasteiger partial charge on any atom is -0.347 e. The smallest absolute Gasteiger partial charge is 0.347 e. The lowest BCUT2D eigenvalue weighted by atomic mass is 10.0. The average molecular weight is 445 g/mol. The zero-order chi connectivity index (χ0) is 22.1. The van der Waals surface area contributed by atoms with Crippen molar-refractivity contribution in [2.24, 2.45) is 5.92 Å². The molecule has 0 aromatic heterocycles. The molecule has 0 saturated carbocycles. The van der Waals surface area contributed by atoms with Crippen molar-refractivity contribution in [3.05, 3.63) is 28.8 Å². The molecule has 0 unspecified atom stereocenters. The molecule has 2 N–H and O–H groups in total. The van der Waals surface area contributed by atoms with Crippen molar-refractivity contribution >= 4 is 23.2 Å². The zero-order valence-electron chi connectivity index (χ0n) is 14.2. The number of hydrogen-bond acceptors (Lipinski definition) is 2. The summed E-state index contributed by atoms with van der Waals surface area (Å²) >= 11 is 5.37. The van der Waals surface area contributed by atoms with Crippen LogP contribution in [-0.4, -0.2) is 23.9 Å². The molecule has 0 heterocycles. The van der Waals surface area contributed by atoms with E-state index < -0.39 is 58.7 Å². The van der Waals surface area contributed by atoms with Crippen molar-refractivity contribution < 1.29 is 44.3 Å². The fraction of sp³-hybridized carbons (Fsp3) is 0.533. The number of amides is 1. The van der Waals surface area contributed by atoms with Crippen LogP contribution in [0.4, 0.5) is 45.2 Å². The Balaban J connectivity index is 3.61. The van der Waals surface area contributed by atoms with Crippen molar-refractivity contribution in [3.63, 3.8) is 0 Å². The third kappa shape index (κ3) is 5.36. The van der Waals surface area contributed by atoms with E-state index in [9.17, 15) is 44.3 Å². The Morgan fingerprint density at radius 2 is 1.50 bits per heavy atom. The first-order valence-corrected chi connectivity index (χ1v) is 7.88. The molecular formula is C15H14ClF9N2O. The summed E-state index contributed by atoms with van der Waals surface area (Å²) in [6.07, 6.45) is -18.5. The molecule has 0 aliphatic carbocycles. The highest BCUT2D eigenvalue weighted by Gasteiger charge is 2.72. The van der Waals surface area contributed by atoms with Crippen LogP contribution in [0.15, 0.2) is 18.2 Å². The second-order valence-electron chi connectivity index (χ2n) is 6.20. The lowest BCUT2D eigenvalue weighted by Gasteiger charge is -2.39. The first-order chi connectivity index (χ1) is 12.4. The molecule has 0 saturated heterocycles. The van der Waals surface area contributed by atoms with E-state index in [0.29, 0.717) is 12.1 Å². The number of benzene rings is 1. The van der Waals surface area contributed by atoms with Gasteiger partial charge in [-0.05, 0) is 24.1 Å². The van der Waals surface area contributed by atoms with E-state index in [2.05, 4.69) is 0 Å². The number of halogens is 10. The van der Waals surface area contributed by atoms with E-state index in [0.717, 1.165) is 10.6 Å². The number of carbonyl (C=O) groups excluding carboxylic acids is 1. The van der Waals surface area contributed by atoms with Crippen LogP contribution in [-0.2, 0) is 11.0 Å². The fourth-order valence-corrected chi connectivity index (χ4v) is 2.34. The van der Waals surface area contributed by atoms with Crippen LogP contribution < -0.4 is 10.6 Å². The Kier molecular flexibility index (Phi) is 6.81. The molecule has 0 spiro atoms. The molecule has 13 heteroatoms. The zero-order valence-corrected chi connectivity index (χ0v) is 15.0. The van der Waals surface area contributed by atoms with Crippen molar-refractivity contribution in [1.29, 1.82) is 0 Å². The molecule has 28 heavy (non-hydrogen) atoms. The van der Waals surface area contributed by atoms with Crippen LogP contribution in [0.2, 0.25) is 5.02 Å². The molecule has 0 aliphatic rings. The fourth-order valence-electron chi connectivity index (χ4n) is 2.17. The molecular weight excluding hydrogens is 431 g/mol. The number of rotatable bonds is 5. The van der Waals surface area contributed by atoms with Gasteiger partial charge in [-0.25, -0.2) is 0 Å². The minimum atomic E-state index is -6.24. The molecule has 1 amide bonds. The molecule has 160 valence electrons. The number of nitrogens with one attached hydrogen (secondary N) is 2. The van der Waals surface area contributed by atoms with Gasteiger partial charge >= 0.3 is 24.2 Å². The minimum absolute atomic E-state index is 0.164. The number of alkyl halides is 9. The maximum Gasteiger partial charge on any atom is 0.439 e. The van der Waals surface area contributed by atoms with Gasteiger partial charge in [0.25, 0.3) is 0 Å². The van der Waals surface area contributed by atoms with Gasteiger partial charge in [-0.3, -0.25) is 4.79 Å². The van der Waals surface area contributed by atoms with E-state index in [1.165, 1.54) is 13.8 Å². The van der Waals surface area contributed by atoms with Gasteiger partial charge in [0.15, 0.2) is 0 Å². The Morgan fingerprint density at radius 1 is 1.00 bits per heavy atom. The Morgan fingerprint density at radius 3 is 1.89 bits per heavy atom. The van der Waals surface area contributed by atoms with Crippen LogP contribution in [0.5, 0.6) is 0 Å². The molecule has 0 radical (unpaired) electrons. The second kappa shape index (κ2) is 7.88. The van der Waals surface area contributed by atoms with Crippen molar-refractivity contribution in [2.45, 2.75) is 44.5 Å². The quantitative estimate of drug-likeness (QED) is 0.448. The lowest BCUT2D eigenvalue weighted by molar-refractivity contribution is -0.296. The van der Waals surface area contributed by atoms with Gasteiger partial charge in [0.05, 0.1) is 5.56 Å². The number of hydrogen-bond donors (Lipinski definition) is 2. The highest BCUT2D eigenvalue weighted by atomic mass is 35.5. The van der Waals surface area contributed by atoms with E-state index in [-0.39, 0.29) is 6.07 Å². The largest absolute Gasteiger partial charge is 0.439 e. The summed E-state index contributed by atoms with van der Waals surface area (Å²) in [5, 5.41) is 1.04. The van der Waals surface area contributed by atoms with Crippen molar-refractivity contribution in [2.75, 3.05) is 5.32 Å². The number of anilines is 1. The normalized spacial score (nSPS) is 13.6. The maximum absolute atomic E-state index is 13.5. The highest BCUT2D eigenvalue weighted by molar-refractivity contribution is 6.30. The van der Waals surface area contributed by atoms with Gasteiger partial charge < -0.3 is 10.6 Å². The lowest BCUT2D eigenvalue weighted by Crippen LogP contribution is -2.72. The molecule has 0 fully saturated rings. The Labute approximate surface area is 158 Å². The van der Waals surface area contributed by atoms with Gasteiger partial charge in [-0.2, -0.15) is 39.5 Å². The van der Waals surface area contributed by atoms with Gasteiger partial charge in [0, 0.05) is 17.1 Å². The van der Waals surface area contributed by atoms with E-state index in [4.69, 9.17) is 11.6 Å². The molecule has 1 rings (SSSR count). The molecule has 3 nitrogen and oxygen atoms in total. The summed E-state index contributed by atoms with van der Waals surface area (Å²) in [4.78, 5) is 11.7. The number of carbonyl (C=O) groups is 1. The van der Waals surface area contributed by atoms with Gasteiger partial charge in [-0.15, -0.1) is 0 Å². The summed E-state index contributed by atoms with van der Waals surface area (Å²) in [5.41, 5.74) is -8.58. The summed E-state index contributed by atoms with van der Waals surface area (Å²) in [7, 11) is 0. The standard InChI is InChI=1S/C15H14ClF9N2O/c1-7(2)5-11(28)27-13(14(20,21)22,15(23,24)25)26-10-4-3-8(16)6-9(10)12(17,18)19/h3-4,6-7,26H,5H2,1-2H3,(H,27,28). The third-order valence-corrected chi connectivity index (χ3v) is 3.62. The predicted octanol–water partition coefficient (Wildman–Crippen LogP) is 5.75. The molecule has 1 aromatic carbocycles. The van der Waals surface area contributed by atoms with E-state index >= 15 is 0 Å². The highest BCUT2D eigenvalue weighted by Crippen LogP contribution is 2.46. The first kappa shape index (κ1) is 24.2. The van der Waals surface area contributed by atoms with Crippen molar-refractivity contribution in [3.8, 4) is 0 Å². The summed E-state index contributed by atoms with van der Waals surface area (Å²) in [5.74, 6) is -2.26. The Bertz CT molecular complexity index is 697. The maximum atomic E-state index is 13.5.